The first-order chi connectivity index (χ1) is 14.1. The van der Waals surface area contributed by atoms with Gasteiger partial charge in [0.05, 0.1) is 21.5 Å². The Morgan fingerprint density at radius 1 is 1.10 bits per heavy atom. The summed E-state index contributed by atoms with van der Waals surface area (Å²) < 4.78 is 27.5. The number of anilines is 1. The van der Waals surface area contributed by atoms with Gasteiger partial charge >= 0.3 is 0 Å². The molecule has 1 saturated carbocycles. The van der Waals surface area contributed by atoms with Crippen molar-refractivity contribution in [2.45, 2.75) is 30.7 Å². The number of hydrogen-bond acceptors (Lipinski definition) is 4. The van der Waals surface area contributed by atoms with Crippen LogP contribution in [0.3, 0.4) is 0 Å². The number of carbonyl (C=O) groups excluding carboxylic acids is 2. The number of hydrogen-bond donors (Lipinski definition) is 2. The third-order valence-electron chi connectivity index (χ3n) is 4.58. The van der Waals surface area contributed by atoms with Gasteiger partial charge < -0.3 is 10.2 Å². The summed E-state index contributed by atoms with van der Waals surface area (Å²) in [4.78, 5) is 26.4. The standard InChI is InChI=1S/C20H21Cl2N3O4S/c1-12-3-7-15(30(28,29)24-13-4-5-13)10-16(12)20(27)25(2)11-19(26)23-14-6-8-17(21)18(22)9-14/h3,6-10,13,24H,4-5,11H2,1-2H3,(H,23,26). The van der Waals surface area contributed by atoms with Crippen molar-refractivity contribution in [1.29, 1.82) is 0 Å². The third-order valence-corrected chi connectivity index (χ3v) is 6.84. The number of sulfonamides is 1. The number of rotatable bonds is 7. The van der Waals surface area contributed by atoms with E-state index in [1.54, 1.807) is 25.1 Å². The molecule has 10 heteroatoms. The fourth-order valence-electron chi connectivity index (χ4n) is 2.75. The van der Waals surface area contributed by atoms with Crippen molar-refractivity contribution in [2.24, 2.45) is 0 Å². The summed E-state index contributed by atoms with van der Waals surface area (Å²) in [6, 6.07) is 9.01. The van der Waals surface area contributed by atoms with Crippen molar-refractivity contribution >= 4 is 50.7 Å². The number of nitrogens with one attached hydrogen (secondary N) is 2. The van der Waals surface area contributed by atoms with Gasteiger partial charge in [-0.15, -0.1) is 0 Å². The van der Waals surface area contributed by atoms with E-state index >= 15 is 0 Å². The first kappa shape index (κ1) is 22.6. The Labute approximate surface area is 185 Å². The van der Waals surface area contributed by atoms with Crippen LogP contribution in [0.4, 0.5) is 5.69 Å². The van der Waals surface area contributed by atoms with Gasteiger partial charge in [0.1, 0.15) is 0 Å². The number of carbonyl (C=O) groups is 2. The minimum atomic E-state index is -3.69. The van der Waals surface area contributed by atoms with Crippen molar-refractivity contribution in [3.8, 4) is 0 Å². The molecule has 30 heavy (non-hydrogen) atoms. The molecular weight excluding hydrogens is 449 g/mol. The van der Waals surface area contributed by atoms with Gasteiger partial charge in [0.15, 0.2) is 0 Å². The molecule has 0 bridgehead atoms. The van der Waals surface area contributed by atoms with E-state index in [1.165, 1.54) is 30.1 Å². The predicted octanol–water partition coefficient (Wildman–Crippen LogP) is 3.45. The second-order valence-electron chi connectivity index (χ2n) is 7.21. The third kappa shape index (κ3) is 5.51. The Hall–Kier alpha value is -2.13. The van der Waals surface area contributed by atoms with Crippen LogP contribution in [0.1, 0.15) is 28.8 Å². The average Bonchev–Trinajstić information content (AvgIpc) is 3.47. The lowest BCUT2D eigenvalue weighted by Gasteiger charge is -2.19. The molecule has 0 unspecified atom stereocenters. The van der Waals surface area contributed by atoms with Crippen molar-refractivity contribution in [2.75, 3.05) is 18.9 Å². The molecule has 7 nitrogen and oxygen atoms in total. The van der Waals surface area contributed by atoms with E-state index in [-0.39, 0.29) is 23.0 Å². The predicted molar refractivity (Wildman–Crippen MR) is 117 cm³/mol. The SMILES string of the molecule is Cc1ccc(S(=O)(=O)NC2CC2)cc1C(=O)N(C)CC(=O)Nc1ccc(Cl)c(Cl)c1. The van der Waals surface area contributed by atoms with Crippen LogP contribution >= 0.6 is 23.2 Å². The highest BCUT2D eigenvalue weighted by atomic mass is 35.5. The lowest BCUT2D eigenvalue weighted by atomic mass is 10.1. The number of nitrogens with zero attached hydrogens (tertiary/aromatic N) is 1. The van der Waals surface area contributed by atoms with E-state index in [4.69, 9.17) is 23.2 Å². The molecule has 3 rings (SSSR count). The minimum Gasteiger partial charge on any atom is -0.332 e. The van der Waals surface area contributed by atoms with Crippen molar-refractivity contribution in [3.63, 3.8) is 0 Å². The van der Waals surface area contributed by atoms with Crippen LogP contribution in [-0.4, -0.2) is 44.8 Å². The molecule has 0 saturated heterocycles. The molecule has 0 spiro atoms. The van der Waals surface area contributed by atoms with Gasteiger partial charge in [-0.3, -0.25) is 9.59 Å². The maximum absolute atomic E-state index is 12.9. The molecule has 2 amide bonds. The Kier molecular flexibility index (Phi) is 6.71. The van der Waals surface area contributed by atoms with E-state index in [0.29, 0.717) is 21.3 Å². The zero-order chi connectivity index (χ0) is 22.1. The second kappa shape index (κ2) is 8.93. The number of halogens is 2. The zero-order valence-electron chi connectivity index (χ0n) is 16.4. The molecule has 2 N–H and O–H groups in total. The van der Waals surface area contributed by atoms with Gasteiger partial charge in [0, 0.05) is 24.3 Å². The summed E-state index contributed by atoms with van der Waals surface area (Å²) in [5.41, 5.74) is 1.28. The number of likely N-dealkylation sites (N-methyl/N-ethyl adjacent to an activating group) is 1. The molecule has 1 fully saturated rings. The van der Waals surface area contributed by atoms with Crippen LogP contribution in [-0.2, 0) is 14.8 Å². The number of aryl methyl sites for hydroxylation is 1. The Balaban J connectivity index is 1.71. The van der Waals surface area contributed by atoms with Crippen molar-refractivity contribution in [3.05, 3.63) is 57.6 Å². The van der Waals surface area contributed by atoms with Gasteiger partial charge in [-0.25, -0.2) is 13.1 Å². The summed E-state index contributed by atoms with van der Waals surface area (Å²) in [6.45, 7) is 1.48. The van der Waals surface area contributed by atoms with E-state index in [9.17, 15) is 18.0 Å². The lowest BCUT2D eigenvalue weighted by Crippen LogP contribution is -2.35. The van der Waals surface area contributed by atoms with Crippen LogP contribution < -0.4 is 10.0 Å². The minimum absolute atomic E-state index is 0.0250. The van der Waals surface area contributed by atoms with Crippen LogP contribution in [0.25, 0.3) is 0 Å². The van der Waals surface area contributed by atoms with E-state index in [1.807, 2.05) is 0 Å². The molecule has 1 aliphatic carbocycles. The molecule has 0 aliphatic heterocycles. The Morgan fingerprint density at radius 3 is 2.43 bits per heavy atom. The summed E-state index contributed by atoms with van der Waals surface area (Å²) in [5.74, 6) is -0.888. The highest BCUT2D eigenvalue weighted by Crippen LogP contribution is 2.25. The van der Waals surface area contributed by atoms with Crippen LogP contribution in [0.2, 0.25) is 10.0 Å². The molecule has 1 aliphatic rings. The first-order valence-corrected chi connectivity index (χ1v) is 11.4. The van der Waals surface area contributed by atoms with Gasteiger partial charge in [-0.2, -0.15) is 0 Å². The number of benzene rings is 2. The number of amides is 2. The largest absolute Gasteiger partial charge is 0.332 e. The summed E-state index contributed by atoms with van der Waals surface area (Å²) in [5, 5.41) is 3.31. The maximum atomic E-state index is 12.9. The van der Waals surface area contributed by atoms with Gasteiger partial charge in [-0.05, 0) is 55.7 Å². The fraction of sp³-hybridized carbons (Fsp3) is 0.300. The molecular formula is C20H21Cl2N3O4S. The van der Waals surface area contributed by atoms with Gasteiger partial charge in [-0.1, -0.05) is 29.3 Å². The molecule has 160 valence electrons. The molecule has 0 atom stereocenters. The normalized spacial score (nSPS) is 13.7. The van der Waals surface area contributed by atoms with E-state index in [2.05, 4.69) is 10.0 Å². The van der Waals surface area contributed by atoms with Crippen LogP contribution in [0, 0.1) is 6.92 Å². The summed E-state index contributed by atoms with van der Waals surface area (Å²) >= 11 is 11.8. The zero-order valence-corrected chi connectivity index (χ0v) is 18.7. The highest BCUT2D eigenvalue weighted by Gasteiger charge is 2.29. The fourth-order valence-corrected chi connectivity index (χ4v) is 4.38. The molecule has 0 radical (unpaired) electrons. The summed E-state index contributed by atoms with van der Waals surface area (Å²) in [7, 11) is -2.22. The highest BCUT2D eigenvalue weighted by molar-refractivity contribution is 7.89. The van der Waals surface area contributed by atoms with Gasteiger partial charge in [0.2, 0.25) is 15.9 Å². The first-order valence-electron chi connectivity index (χ1n) is 9.20. The van der Waals surface area contributed by atoms with E-state index in [0.717, 1.165) is 12.8 Å². The van der Waals surface area contributed by atoms with Crippen molar-refractivity contribution < 1.29 is 18.0 Å². The quantitative estimate of drug-likeness (QED) is 0.648. The lowest BCUT2D eigenvalue weighted by molar-refractivity contribution is -0.116. The average molecular weight is 470 g/mol. The topological polar surface area (TPSA) is 95.6 Å². The molecule has 2 aromatic rings. The Morgan fingerprint density at radius 2 is 1.80 bits per heavy atom. The van der Waals surface area contributed by atoms with E-state index < -0.39 is 21.8 Å². The van der Waals surface area contributed by atoms with Gasteiger partial charge in [0.25, 0.3) is 5.91 Å². The smallest absolute Gasteiger partial charge is 0.254 e. The maximum Gasteiger partial charge on any atom is 0.254 e. The molecule has 2 aromatic carbocycles. The monoisotopic (exact) mass is 469 g/mol. The second-order valence-corrected chi connectivity index (χ2v) is 9.74. The van der Waals surface area contributed by atoms with Crippen molar-refractivity contribution in [1.82, 2.24) is 9.62 Å². The molecule has 0 aromatic heterocycles. The van der Waals surface area contributed by atoms with Crippen LogP contribution in [0.5, 0.6) is 0 Å². The molecule has 0 heterocycles. The van der Waals surface area contributed by atoms with Crippen LogP contribution in [0.15, 0.2) is 41.3 Å². The summed E-state index contributed by atoms with van der Waals surface area (Å²) in [6.07, 6.45) is 1.63. The Bertz CT molecular complexity index is 1100.